The molecule has 0 radical (unpaired) electrons. The number of hydrogen-bond donors (Lipinski definition) is 1. The molecule has 0 spiro atoms. The van der Waals surface area contributed by atoms with Gasteiger partial charge in [-0.3, -0.25) is 5.10 Å². The largest absolute Gasteiger partial charge is 0.285 e. The molecule has 0 fully saturated rings. The second-order valence-corrected chi connectivity index (χ2v) is 2.87. The van der Waals surface area contributed by atoms with Crippen molar-refractivity contribution in [1.29, 1.82) is 0 Å². The van der Waals surface area contributed by atoms with Gasteiger partial charge in [-0.1, -0.05) is 29.8 Å². The van der Waals surface area contributed by atoms with E-state index in [1.807, 2.05) is 30.5 Å². The summed E-state index contributed by atoms with van der Waals surface area (Å²) in [7, 11) is 0. The first-order chi connectivity index (χ1) is 5.88. The average molecular weight is 179 g/mol. The van der Waals surface area contributed by atoms with Gasteiger partial charge in [-0.25, -0.2) is 0 Å². The minimum atomic E-state index is 0.749. The van der Waals surface area contributed by atoms with E-state index < -0.39 is 0 Å². The van der Waals surface area contributed by atoms with Crippen LogP contribution in [-0.4, -0.2) is 10.2 Å². The van der Waals surface area contributed by atoms with Gasteiger partial charge in [0.05, 0.1) is 6.20 Å². The van der Waals surface area contributed by atoms with Crippen molar-refractivity contribution in [3.63, 3.8) is 0 Å². The summed E-state index contributed by atoms with van der Waals surface area (Å²) in [5.41, 5.74) is 2.02. The van der Waals surface area contributed by atoms with Crippen LogP contribution in [0.4, 0.5) is 0 Å². The summed E-state index contributed by atoms with van der Waals surface area (Å²) < 4.78 is 0. The molecule has 12 heavy (non-hydrogen) atoms. The number of nitrogens with one attached hydrogen (secondary N) is 1. The third kappa shape index (κ3) is 1.21. The Balaban J connectivity index is 2.55. The molecule has 2 nitrogen and oxygen atoms in total. The van der Waals surface area contributed by atoms with E-state index in [4.69, 9.17) is 11.6 Å². The zero-order valence-corrected chi connectivity index (χ0v) is 7.05. The first-order valence-corrected chi connectivity index (χ1v) is 3.99. The van der Waals surface area contributed by atoms with Gasteiger partial charge in [0.1, 0.15) is 0 Å². The Morgan fingerprint density at radius 2 is 2.08 bits per heavy atom. The molecule has 0 amide bonds. The van der Waals surface area contributed by atoms with E-state index in [9.17, 15) is 0 Å². The van der Waals surface area contributed by atoms with Crippen LogP contribution >= 0.6 is 11.6 Å². The molecule has 0 unspecified atom stereocenters. The quantitative estimate of drug-likeness (QED) is 0.715. The van der Waals surface area contributed by atoms with Crippen molar-refractivity contribution in [2.45, 2.75) is 0 Å². The lowest BCUT2D eigenvalue weighted by Gasteiger charge is -1.98. The number of rotatable bonds is 1. The van der Waals surface area contributed by atoms with E-state index in [1.165, 1.54) is 0 Å². The molecule has 0 aliphatic carbocycles. The predicted molar refractivity (Wildman–Crippen MR) is 49.0 cm³/mol. The highest BCUT2D eigenvalue weighted by Crippen LogP contribution is 2.25. The van der Waals surface area contributed by atoms with Crippen LogP contribution in [0.1, 0.15) is 0 Å². The van der Waals surface area contributed by atoms with Crippen LogP contribution in [-0.2, 0) is 0 Å². The topological polar surface area (TPSA) is 28.7 Å². The van der Waals surface area contributed by atoms with Gasteiger partial charge in [0.15, 0.2) is 0 Å². The number of aromatic nitrogens is 2. The highest BCUT2D eigenvalue weighted by atomic mass is 35.5. The molecule has 1 aromatic heterocycles. The van der Waals surface area contributed by atoms with E-state index in [0.29, 0.717) is 0 Å². The van der Waals surface area contributed by atoms with Gasteiger partial charge < -0.3 is 0 Å². The van der Waals surface area contributed by atoms with Crippen molar-refractivity contribution < 1.29 is 0 Å². The van der Waals surface area contributed by atoms with E-state index >= 15 is 0 Å². The van der Waals surface area contributed by atoms with Crippen molar-refractivity contribution >= 4 is 11.6 Å². The van der Waals surface area contributed by atoms with Crippen molar-refractivity contribution in [1.82, 2.24) is 10.2 Å². The van der Waals surface area contributed by atoms with E-state index in [2.05, 4.69) is 10.2 Å². The highest BCUT2D eigenvalue weighted by molar-refractivity contribution is 6.33. The van der Waals surface area contributed by atoms with E-state index in [0.717, 1.165) is 16.1 Å². The Hall–Kier alpha value is -1.28. The molecule has 3 heteroatoms. The SMILES string of the molecule is Clc1ccccc1-c1cn[nH]c1. The highest BCUT2D eigenvalue weighted by Gasteiger charge is 2.01. The Kier molecular flexibility index (Phi) is 1.84. The maximum atomic E-state index is 5.97. The molecule has 2 rings (SSSR count). The molecule has 0 atom stereocenters. The summed E-state index contributed by atoms with van der Waals surface area (Å²) >= 11 is 5.97. The van der Waals surface area contributed by atoms with Crippen molar-refractivity contribution in [2.24, 2.45) is 0 Å². The summed E-state index contributed by atoms with van der Waals surface area (Å²) in [5, 5.41) is 7.35. The zero-order chi connectivity index (χ0) is 8.39. The lowest BCUT2D eigenvalue weighted by atomic mass is 10.1. The summed E-state index contributed by atoms with van der Waals surface area (Å²) in [5.74, 6) is 0. The third-order valence-electron chi connectivity index (χ3n) is 1.68. The molecule has 1 heterocycles. The minimum absolute atomic E-state index is 0.749. The van der Waals surface area contributed by atoms with Gasteiger partial charge >= 0.3 is 0 Å². The van der Waals surface area contributed by atoms with Crippen LogP contribution in [0.15, 0.2) is 36.7 Å². The molecular formula is C9H7ClN2. The molecule has 60 valence electrons. The minimum Gasteiger partial charge on any atom is -0.285 e. The zero-order valence-electron chi connectivity index (χ0n) is 6.29. The molecule has 0 aliphatic heterocycles. The molecular weight excluding hydrogens is 172 g/mol. The second kappa shape index (κ2) is 2.99. The van der Waals surface area contributed by atoms with E-state index in [1.54, 1.807) is 6.20 Å². The van der Waals surface area contributed by atoms with E-state index in [-0.39, 0.29) is 0 Å². The number of benzene rings is 1. The van der Waals surface area contributed by atoms with Gasteiger partial charge in [-0.05, 0) is 6.07 Å². The van der Waals surface area contributed by atoms with Gasteiger partial charge in [-0.2, -0.15) is 5.10 Å². The van der Waals surface area contributed by atoms with Crippen LogP contribution in [0.2, 0.25) is 5.02 Å². The van der Waals surface area contributed by atoms with Crippen molar-refractivity contribution in [2.75, 3.05) is 0 Å². The summed E-state index contributed by atoms with van der Waals surface area (Å²) in [6.07, 6.45) is 3.57. The molecule has 0 saturated carbocycles. The monoisotopic (exact) mass is 178 g/mol. The third-order valence-corrected chi connectivity index (χ3v) is 2.01. The maximum Gasteiger partial charge on any atom is 0.0566 e. The summed E-state index contributed by atoms with van der Waals surface area (Å²) in [6, 6.07) is 7.69. The molecule has 0 aliphatic rings. The molecule has 1 N–H and O–H groups in total. The van der Waals surface area contributed by atoms with Crippen LogP contribution in [0.5, 0.6) is 0 Å². The first-order valence-electron chi connectivity index (χ1n) is 3.61. The number of halogens is 1. The molecule has 0 bridgehead atoms. The first kappa shape index (κ1) is 7.37. The van der Waals surface area contributed by atoms with Crippen molar-refractivity contribution in [3.05, 3.63) is 41.7 Å². The normalized spacial score (nSPS) is 10.1. The Morgan fingerprint density at radius 3 is 2.75 bits per heavy atom. The number of aromatic amines is 1. The number of H-pyrrole nitrogens is 1. The Labute approximate surface area is 75.2 Å². The number of nitrogens with zero attached hydrogens (tertiary/aromatic N) is 1. The van der Waals surface area contributed by atoms with Crippen LogP contribution < -0.4 is 0 Å². The van der Waals surface area contributed by atoms with Gasteiger partial charge in [0.25, 0.3) is 0 Å². The van der Waals surface area contributed by atoms with Gasteiger partial charge in [0, 0.05) is 22.3 Å². The predicted octanol–water partition coefficient (Wildman–Crippen LogP) is 2.73. The fraction of sp³-hybridized carbons (Fsp3) is 0. The van der Waals surface area contributed by atoms with Gasteiger partial charge in [0.2, 0.25) is 0 Å². The summed E-state index contributed by atoms with van der Waals surface area (Å²) in [4.78, 5) is 0. The smallest absolute Gasteiger partial charge is 0.0566 e. The van der Waals surface area contributed by atoms with Gasteiger partial charge in [-0.15, -0.1) is 0 Å². The average Bonchev–Trinajstić information content (AvgIpc) is 2.57. The Bertz CT molecular complexity index is 368. The maximum absolute atomic E-state index is 5.97. The lowest BCUT2D eigenvalue weighted by Crippen LogP contribution is -1.74. The summed E-state index contributed by atoms with van der Waals surface area (Å²) in [6.45, 7) is 0. The second-order valence-electron chi connectivity index (χ2n) is 2.47. The fourth-order valence-corrected chi connectivity index (χ4v) is 1.34. The van der Waals surface area contributed by atoms with Crippen LogP contribution in [0.25, 0.3) is 11.1 Å². The molecule has 0 saturated heterocycles. The number of hydrogen-bond acceptors (Lipinski definition) is 1. The Morgan fingerprint density at radius 1 is 1.25 bits per heavy atom. The standard InChI is InChI=1S/C9H7ClN2/c10-9-4-2-1-3-8(9)7-5-11-12-6-7/h1-6H,(H,11,12). The molecule has 2 aromatic rings. The van der Waals surface area contributed by atoms with Crippen LogP contribution in [0, 0.1) is 0 Å². The van der Waals surface area contributed by atoms with Crippen LogP contribution in [0.3, 0.4) is 0 Å². The lowest BCUT2D eigenvalue weighted by molar-refractivity contribution is 1.09. The van der Waals surface area contributed by atoms with Crippen molar-refractivity contribution in [3.8, 4) is 11.1 Å². The fourth-order valence-electron chi connectivity index (χ4n) is 1.09. The molecule has 1 aromatic carbocycles.